The van der Waals surface area contributed by atoms with Crippen molar-refractivity contribution in [2.24, 2.45) is 0 Å². The van der Waals surface area contributed by atoms with Gasteiger partial charge in [-0.1, -0.05) is 6.07 Å². The molecular weight excluding hydrogens is 322 g/mol. The van der Waals surface area contributed by atoms with Crippen LogP contribution in [0.25, 0.3) is 10.6 Å². The Kier molecular flexibility index (Phi) is 4.84. The standard InChI is InChI=1S/C14H17N3O3S2/c18-22(19,17-5-7-20-8-6-17)16-11-12-3-4-15-13(10-12)14-2-1-9-21-14/h1-4,9-10,16H,5-8,11H2. The largest absolute Gasteiger partial charge is 0.379 e. The molecule has 0 spiro atoms. The monoisotopic (exact) mass is 339 g/mol. The number of thiophene rings is 1. The summed E-state index contributed by atoms with van der Waals surface area (Å²) in [6.45, 7) is 1.93. The SMILES string of the molecule is O=S(=O)(NCc1ccnc(-c2cccs2)c1)N1CCOCC1. The number of hydrogen-bond donors (Lipinski definition) is 1. The van der Waals surface area contributed by atoms with Crippen molar-refractivity contribution in [1.82, 2.24) is 14.0 Å². The summed E-state index contributed by atoms with van der Waals surface area (Å²) < 4.78 is 33.7. The predicted molar refractivity (Wildman–Crippen MR) is 85.7 cm³/mol. The minimum absolute atomic E-state index is 0.251. The molecule has 1 aliphatic heterocycles. The van der Waals surface area contributed by atoms with Crippen LogP contribution in [0.5, 0.6) is 0 Å². The fourth-order valence-corrected chi connectivity index (χ4v) is 4.05. The molecular formula is C14H17N3O3S2. The molecule has 3 rings (SSSR count). The molecule has 6 nitrogen and oxygen atoms in total. The molecule has 1 fully saturated rings. The lowest BCUT2D eigenvalue weighted by molar-refractivity contribution is 0.0725. The van der Waals surface area contributed by atoms with Crippen LogP contribution in [0.2, 0.25) is 0 Å². The van der Waals surface area contributed by atoms with Gasteiger partial charge in [-0.2, -0.15) is 17.4 Å². The molecule has 2 aromatic rings. The summed E-state index contributed by atoms with van der Waals surface area (Å²) >= 11 is 1.61. The zero-order chi connectivity index (χ0) is 15.4. The molecule has 0 aliphatic carbocycles. The third-order valence-electron chi connectivity index (χ3n) is 3.37. The van der Waals surface area contributed by atoms with Crippen LogP contribution in [-0.4, -0.2) is 44.0 Å². The molecule has 1 saturated heterocycles. The predicted octanol–water partition coefficient (Wildman–Crippen LogP) is 1.48. The molecule has 0 bridgehead atoms. The number of aromatic nitrogens is 1. The van der Waals surface area contributed by atoms with E-state index in [0.29, 0.717) is 26.3 Å². The van der Waals surface area contributed by atoms with Gasteiger partial charge in [0.15, 0.2) is 0 Å². The molecule has 1 aliphatic rings. The van der Waals surface area contributed by atoms with Crippen LogP contribution in [-0.2, 0) is 21.5 Å². The lowest BCUT2D eigenvalue weighted by Gasteiger charge is -2.26. The highest BCUT2D eigenvalue weighted by Gasteiger charge is 2.23. The van der Waals surface area contributed by atoms with Gasteiger partial charge in [-0.05, 0) is 29.1 Å². The quantitative estimate of drug-likeness (QED) is 0.896. The molecule has 8 heteroatoms. The van der Waals surface area contributed by atoms with Gasteiger partial charge < -0.3 is 4.74 Å². The number of nitrogens with zero attached hydrogens (tertiary/aromatic N) is 2. The third-order valence-corrected chi connectivity index (χ3v) is 5.81. The summed E-state index contributed by atoms with van der Waals surface area (Å²) in [6, 6.07) is 7.69. The number of rotatable bonds is 5. The second-order valence-electron chi connectivity index (χ2n) is 4.86. The van der Waals surface area contributed by atoms with Crippen LogP contribution in [0.15, 0.2) is 35.8 Å². The van der Waals surface area contributed by atoms with E-state index in [9.17, 15) is 8.42 Å². The molecule has 22 heavy (non-hydrogen) atoms. The van der Waals surface area contributed by atoms with E-state index in [-0.39, 0.29) is 6.54 Å². The van der Waals surface area contributed by atoms with Crippen LogP contribution in [0, 0.1) is 0 Å². The van der Waals surface area contributed by atoms with Gasteiger partial charge in [0, 0.05) is 25.8 Å². The molecule has 118 valence electrons. The second kappa shape index (κ2) is 6.84. The van der Waals surface area contributed by atoms with Crippen molar-refractivity contribution in [3.8, 4) is 10.6 Å². The first kappa shape index (κ1) is 15.6. The number of morpholine rings is 1. The highest BCUT2D eigenvalue weighted by atomic mass is 32.2. The fraction of sp³-hybridized carbons (Fsp3) is 0.357. The van der Waals surface area contributed by atoms with E-state index in [1.54, 1.807) is 17.5 Å². The molecule has 0 aromatic carbocycles. The van der Waals surface area contributed by atoms with Gasteiger partial charge >= 0.3 is 0 Å². The van der Waals surface area contributed by atoms with Gasteiger partial charge in [0.25, 0.3) is 10.2 Å². The fourth-order valence-electron chi connectivity index (χ4n) is 2.20. The summed E-state index contributed by atoms with van der Waals surface area (Å²) in [5.41, 5.74) is 1.74. The topological polar surface area (TPSA) is 71.5 Å². The first-order valence-electron chi connectivity index (χ1n) is 6.96. The first-order chi connectivity index (χ1) is 10.6. The lowest BCUT2D eigenvalue weighted by Crippen LogP contribution is -2.46. The van der Waals surface area contributed by atoms with E-state index in [4.69, 9.17) is 4.74 Å². The van der Waals surface area contributed by atoms with Crippen molar-refractivity contribution in [3.63, 3.8) is 0 Å². The highest BCUT2D eigenvalue weighted by Crippen LogP contribution is 2.23. The molecule has 0 unspecified atom stereocenters. The third kappa shape index (κ3) is 3.71. The summed E-state index contributed by atoms with van der Waals surface area (Å²) in [6.07, 6.45) is 1.70. The number of ether oxygens (including phenoxy) is 1. The van der Waals surface area contributed by atoms with Gasteiger partial charge in [0.2, 0.25) is 0 Å². The maximum absolute atomic E-state index is 12.2. The van der Waals surface area contributed by atoms with E-state index in [1.165, 1.54) is 4.31 Å². The van der Waals surface area contributed by atoms with Crippen molar-refractivity contribution >= 4 is 21.5 Å². The van der Waals surface area contributed by atoms with Crippen molar-refractivity contribution in [2.45, 2.75) is 6.54 Å². The molecule has 1 N–H and O–H groups in total. The Labute approximate surface area is 133 Å². The Morgan fingerprint density at radius 1 is 1.32 bits per heavy atom. The molecule has 0 atom stereocenters. The zero-order valence-electron chi connectivity index (χ0n) is 11.9. The van der Waals surface area contributed by atoms with Crippen LogP contribution >= 0.6 is 11.3 Å². The summed E-state index contributed by atoms with van der Waals surface area (Å²) in [4.78, 5) is 5.39. The molecule has 0 radical (unpaired) electrons. The van der Waals surface area contributed by atoms with Gasteiger partial charge in [0.05, 0.1) is 23.8 Å². The Bertz CT molecular complexity index is 711. The lowest BCUT2D eigenvalue weighted by atomic mass is 10.2. The van der Waals surface area contributed by atoms with Crippen LogP contribution in [0.4, 0.5) is 0 Å². The maximum Gasteiger partial charge on any atom is 0.279 e. The number of hydrogen-bond acceptors (Lipinski definition) is 5. The number of pyridine rings is 1. The molecule has 3 heterocycles. The van der Waals surface area contributed by atoms with Crippen molar-refractivity contribution < 1.29 is 13.2 Å². The Morgan fingerprint density at radius 2 is 2.14 bits per heavy atom. The van der Waals surface area contributed by atoms with Crippen molar-refractivity contribution in [2.75, 3.05) is 26.3 Å². The van der Waals surface area contributed by atoms with E-state index < -0.39 is 10.2 Å². The Balaban J connectivity index is 1.67. The van der Waals surface area contributed by atoms with E-state index in [1.807, 2.05) is 29.6 Å². The van der Waals surface area contributed by atoms with E-state index >= 15 is 0 Å². The minimum atomic E-state index is -3.46. The van der Waals surface area contributed by atoms with Gasteiger partial charge in [-0.3, -0.25) is 4.98 Å². The molecule has 2 aromatic heterocycles. The first-order valence-corrected chi connectivity index (χ1v) is 9.28. The van der Waals surface area contributed by atoms with Crippen molar-refractivity contribution in [3.05, 3.63) is 41.4 Å². The average Bonchev–Trinajstić information content (AvgIpc) is 3.09. The van der Waals surface area contributed by atoms with E-state index in [0.717, 1.165) is 16.1 Å². The van der Waals surface area contributed by atoms with Crippen LogP contribution < -0.4 is 4.72 Å². The Morgan fingerprint density at radius 3 is 2.86 bits per heavy atom. The van der Waals surface area contributed by atoms with Gasteiger partial charge in [0.1, 0.15) is 0 Å². The second-order valence-corrected chi connectivity index (χ2v) is 7.57. The van der Waals surface area contributed by atoms with Gasteiger partial charge in [-0.15, -0.1) is 11.3 Å². The maximum atomic E-state index is 12.2. The van der Waals surface area contributed by atoms with Crippen molar-refractivity contribution in [1.29, 1.82) is 0 Å². The van der Waals surface area contributed by atoms with Crippen LogP contribution in [0.3, 0.4) is 0 Å². The summed E-state index contributed by atoms with van der Waals surface area (Å²) in [5, 5.41) is 1.99. The van der Waals surface area contributed by atoms with Gasteiger partial charge in [-0.25, -0.2) is 0 Å². The zero-order valence-corrected chi connectivity index (χ0v) is 13.6. The van der Waals surface area contributed by atoms with Crippen LogP contribution in [0.1, 0.15) is 5.56 Å². The Hall–Kier alpha value is -1.32. The summed E-state index contributed by atoms with van der Waals surface area (Å²) in [7, 11) is -3.46. The summed E-state index contributed by atoms with van der Waals surface area (Å²) in [5.74, 6) is 0. The average molecular weight is 339 g/mol. The molecule has 0 saturated carbocycles. The molecule has 0 amide bonds. The smallest absolute Gasteiger partial charge is 0.279 e. The normalized spacial score (nSPS) is 16.7. The number of nitrogens with one attached hydrogen (secondary N) is 1. The van der Waals surface area contributed by atoms with E-state index in [2.05, 4.69) is 9.71 Å². The highest BCUT2D eigenvalue weighted by molar-refractivity contribution is 7.87. The minimum Gasteiger partial charge on any atom is -0.379 e.